The Balaban J connectivity index is 1.85. The van der Waals surface area contributed by atoms with Crippen molar-refractivity contribution in [3.05, 3.63) is 28.7 Å². The van der Waals surface area contributed by atoms with Gasteiger partial charge in [0.1, 0.15) is 0 Å². The standard InChI is InChI=1S/C17H23N3O5S/c1-3-8-18-16(21)12-5-4-9-20(11-12)26(23,24)13-6-7-14-15(10-13)25-17(22)19(14)2/h6-7,10,12H,3-5,8-9,11H2,1-2H3,(H,18,21)/t12-/m0/s1. The minimum atomic E-state index is -3.76. The third-order valence-corrected chi connectivity index (χ3v) is 6.57. The highest BCUT2D eigenvalue weighted by Gasteiger charge is 2.33. The predicted molar refractivity (Wildman–Crippen MR) is 96.2 cm³/mol. The Kier molecular flexibility index (Phi) is 5.19. The molecular weight excluding hydrogens is 358 g/mol. The van der Waals surface area contributed by atoms with Gasteiger partial charge in [0.25, 0.3) is 0 Å². The summed E-state index contributed by atoms with van der Waals surface area (Å²) in [7, 11) is -2.20. The molecule has 0 radical (unpaired) electrons. The third kappa shape index (κ3) is 3.41. The molecule has 142 valence electrons. The van der Waals surface area contributed by atoms with Crippen molar-refractivity contribution in [1.82, 2.24) is 14.2 Å². The zero-order chi connectivity index (χ0) is 18.9. The van der Waals surface area contributed by atoms with Crippen LogP contribution in [0.3, 0.4) is 0 Å². The molecular formula is C17H23N3O5S. The minimum absolute atomic E-state index is 0.0639. The number of hydrogen-bond donors (Lipinski definition) is 1. The van der Waals surface area contributed by atoms with Crippen molar-refractivity contribution in [1.29, 1.82) is 0 Å². The second kappa shape index (κ2) is 7.24. The Hall–Kier alpha value is -2.13. The molecule has 2 aromatic rings. The van der Waals surface area contributed by atoms with Crippen LogP contribution >= 0.6 is 0 Å². The lowest BCUT2D eigenvalue weighted by Crippen LogP contribution is -2.45. The molecule has 1 aliphatic rings. The Labute approximate surface area is 151 Å². The number of fused-ring (bicyclic) bond motifs is 1. The molecule has 0 unspecified atom stereocenters. The van der Waals surface area contributed by atoms with E-state index >= 15 is 0 Å². The van der Waals surface area contributed by atoms with Gasteiger partial charge in [0.2, 0.25) is 15.9 Å². The number of carbonyl (C=O) groups is 1. The van der Waals surface area contributed by atoms with Crippen LogP contribution in [0.1, 0.15) is 26.2 Å². The molecule has 0 bridgehead atoms. The lowest BCUT2D eigenvalue weighted by atomic mass is 9.99. The largest absolute Gasteiger partial charge is 0.419 e. The molecule has 0 spiro atoms. The summed E-state index contributed by atoms with van der Waals surface area (Å²) in [6, 6.07) is 4.39. The number of sulfonamides is 1. The molecule has 0 saturated carbocycles. The molecule has 3 rings (SSSR count). The molecule has 26 heavy (non-hydrogen) atoms. The Morgan fingerprint density at radius 3 is 2.88 bits per heavy atom. The summed E-state index contributed by atoms with van der Waals surface area (Å²) in [5, 5.41) is 2.83. The molecule has 2 heterocycles. The molecule has 1 amide bonds. The maximum Gasteiger partial charge on any atom is 0.419 e. The lowest BCUT2D eigenvalue weighted by molar-refractivity contribution is -0.126. The number of piperidine rings is 1. The minimum Gasteiger partial charge on any atom is -0.408 e. The summed E-state index contributed by atoms with van der Waals surface area (Å²) < 4.78 is 33.7. The van der Waals surface area contributed by atoms with Crippen LogP contribution in [0.25, 0.3) is 11.1 Å². The second-order valence-corrected chi connectivity index (χ2v) is 8.49. The summed E-state index contributed by atoms with van der Waals surface area (Å²) in [6.45, 7) is 3.09. The van der Waals surface area contributed by atoms with Crippen LogP contribution in [0.5, 0.6) is 0 Å². The zero-order valence-corrected chi connectivity index (χ0v) is 15.7. The number of nitrogens with one attached hydrogen (secondary N) is 1. The fourth-order valence-corrected chi connectivity index (χ4v) is 4.73. The fraction of sp³-hybridized carbons (Fsp3) is 0.529. The van der Waals surface area contributed by atoms with E-state index in [0.717, 1.165) is 6.42 Å². The molecule has 9 heteroatoms. The van der Waals surface area contributed by atoms with E-state index in [4.69, 9.17) is 4.42 Å². The topological polar surface area (TPSA) is 102 Å². The van der Waals surface area contributed by atoms with Crippen molar-refractivity contribution in [3.8, 4) is 0 Å². The molecule has 1 aromatic carbocycles. The average Bonchev–Trinajstić information content (AvgIpc) is 2.93. The van der Waals surface area contributed by atoms with Gasteiger partial charge in [-0.2, -0.15) is 4.31 Å². The van der Waals surface area contributed by atoms with Crippen molar-refractivity contribution in [2.45, 2.75) is 31.1 Å². The number of aryl methyl sites for hydroxylation is 1. The van der Waals surface area contributed by atoms with Gasteiger partial charge in [-0.05, 0) is 31.4 Å². The highest BCUT2D eigenvalue weighted by molar-refractivity contribution is 7.89. The van der Waals surface area contributed by atoms with E-state index < -0.39 is 15.8 Å². The lowest BCUT2D eigenvalue weighted by Gasteiger charge is -2.31. The van der Waals surface area contributed by atoms with Crippen LogP contribution in [-0.2, 0) is 21.9 Å². The first-order valence-corrected chi connectivity index (χ1v) is 10.2. The van der Waals surface area contributed by atoms with Crippen LogP contribution in [-0.4, -0.2) is 42.8 Å². The number of amides is 1. The maximum atomic E-state index is 13.0. The quantitative estimate of drug-likeness (QED) is 0.834. The Bertz CT molecular complexity index is 976. The van der Waals surface area contributed by atoms with Gasteiger partial charge in [-0.25, -0.2) is 13.2 Å². The Morgan fingerprint density at radius 2 is 2.15 bits per heavy atom. The smallest absolute Gasteiger partial charge is 0.408 e. The number of carbonyl (C=O) groups excluding carboxylic acids is 1. The molecule has 1 N–H and O–H groups in total. The van der Waals surface area contributed by atoms with Gasteiger partial charge in [0, 0.05) is 32.7 Å². The van der Waals surface area contributed by atoms with Gasteiger partial charge >= 0.3 is 5.76 Å². The summed E-state index contributed by atoms with van der Waals surface area (Å²) in [4.78, 5) is 23.9. The van der Waals surface area contributed by atoms with Crippen LogP contribution in [0.2, 0.25) is 0 Å². The van der Waals surface area contributed by atoms with Gasteiger partial charge in [0.15, 0.2) is 5.58 Å². The Morgan fingerprint density at radius 1 is 1.38 bits per heavy atom. The molecule has 8 nitrogen and oxygen atoms in total. The molecule has 1 atom stereocenters. The SMILES string of the molecule is CCCNC(=O)[C@H]1CCCN(S(=O)(=O)c2ccc3c(c2)oc(=O)n3C)C1. The van der Waals surface area contributed by atoms with Gasteiger partial charge in [-0.1, -0.05) is 6.92 Å². The number of benzene rings is 1. The number of hydrogen-bond acceptors (Lipinski definition) is 5. The highest BCUT2D eigenvalue weighted by Crippen LogP contribution is 2.26. The highest BCUT2D eigenvalue weighted by atomic mass is 32.2. The predicted octanol–water partition coefficient (Wildman–Crippen LogP) is 1.06. The van der Waals surface area contributed by atoms with Gasteiger partial charge in [-0.3, -0.25) is 9.36 Å². The van der Waals surface area contributed by atoms with Gasteiger partial charge in [0.05, 0.1) is 16.3 Å². The number of oxazole rings is 1. The first-order valence-electron chi connectivity index (χ1n) is 8.72. The van der Waals surface area contributed by atoms with E-state index in [9.17, 15) is 18.0 Å². The van der Waals surface area contributed by atoms with Crippen molar-refractivity contribution < 1.29 is 17.6 Å². The summed E-state index contributed by atoms with van der Waals surface area (Å²) >= 11 is 0. The van der Waals surface area contributed by atoms with Crippen molar-refractivity contribution in [2.75, 3.05) is 19.6 Å². The zero-order valence-electron chi connectivity index (χ0n) is 14.9. The molecule has 1 aromatic heterocycles. The van der Waals surface area contributed by atoms with Gasteiger partial charge < -0.3 is 9.73 Å². The van der Waals surface area contributed by atoms with E-state index in [1.54, 1.807) is 13.1 Å². The van der Waals surface area contributed by atoms with E-state index in [1.165, 1.54) is 21.0 Å². The number of nitrogens with zero attached hydrogens (tertiary/aromatic N) is 2. The van der Waals surface area contributed by atoms with Crippen LogP contribution < -0.4 is 11.1 Å². The van der Waals surface area contributed by atoms with E-state index in [0.29, 0.717) is 31.4 Å². The van der Waals surface area contributed by atoms with Crippen molar-refractivity contribution in [3.63, 3.8) is 0 Å². The molecule has 1 fully saturated rings. The normalized spacial score (nSPS) is 18.9. The van der Waals surface area contributed by atoms with E-state index in [2.05, 4.69) is 5.32 Å². The van der Waals surface area contributed by atoms with Crippen LogP contribution in [0, 0.1) is 5.92 Å². The van der Waals surface area contributed by atoms with Crippen molar-refractivity contribution in [2.24, 2.45) is 13.0 Å². The number of rotatable bonds is 5. The fourth-order valence-electron chi connectivity index (χ4n) is 3.19. The van der Waals surface area contributed by atoms with Crippen LogP contribution in [0.15, 0.2) is 32.3 Å². The van der Waals surface area contributed by atoms with Crippen LogP contribution in [0.4, 0.5) is 0 Å². The van der Waals surface area contributed by atoms with E-state index in [1.807, 2.05) is 6.92 Å². The van der Waals surface area contributed by atoms with Gasteiger partial charge in [-0.15, -0.1) is 0 Å². The average molecular weight is 381 g/mol. The third-order valence-electron chi connectivity index (χ3n) is 4.71. The molecule has 0 aliphatic carbocycles. The summed E-state index contributed by atoms with van der Waals surface area (Å²) in [5.41, 5.74) is 0.761. The molecule has 1 saturated heterocycles. The van der Waals surface area contributed by atoms with E-state index in [-0.39, 0.29) is 28.8 Å². The maximum absolute atomic E-state index is 13.0. The first kappa shape index (κ1) is 18.7. The summed E-state index contributed by atoms with van der Waals surface area (Å²) in [6.07, 6.45) is 2.14. The second-order valence-electron chi connectivity index (χ2n) is 6.55. The molecule has 1 aliphatic heterocycles. The first-order chi connectivity index (χ1) is 12.3. The number of aromatic nitrogens is 1. The van der Waals surface area contributed by atoms with Crippen molar-refractivity contribution >= 4 is 27.0 Å². The monoisotopic (exact) mass is 381 g/mol. The summed E-state index contributed by atoms with van der Waals surface area (Å²) in [5.74, 6) is -0.986.